The summed E-state index contributed by atoms with van der Waals surface area (Å²) >= 11 is 2.84. The number of ether oxygens (including phenoxy) is 2. The van der Waals surface area contributed by atoms with Crippen molar-refractivity contribution in [3.8, 4) is 16.2 Å². The molecule has 0 bridgehead atoms. The summed E-state index contributed by atoms with van der Waals surface area (Å²) in [6, 6.07) is 19.0. The van der Waals surface area contributed by atoms with Crippen LogP contribution in [-0.4, -0.2) is 31.3 Å². The molecule has 1 heterocycles. The molecule has 2 aromatic carbocycles. The molecule has 0 radical (unpaired) electrons. The van der Waals surface area contributed by atoms with Gasteiger partial charge in [-0.2, -0.15) is 0 Å². The van der Waals surface area contributed by atoms with Gasteiger partial charge in [0, 0.05) is 22.9 Å². The van der Waals surface area contributed by atoms with E-state index in [2.05, 4.69) is 10.0 Å². The minimum atomic E-state index is -0.453. The third-order valence-electron chi connectivity index (χ3n) is 4.19. The molecule has 6 nitrogen and oxygen atoms in total. The van der Waals surface area contributed by atoms with Crippen molar-refractivity contribution in [2.75, 3.05) is 29.5 Å². The Balaban J connectivity index is 1.65. The number of nitrogens with one attached hydrogen (secondary N) is 2. The lowest BCUT2D eigenvalue weighted by Crippen LogP contribution is -2.16. The van der Waals surface area contributed by atoms with Gasteiger partial charge >= 0.3 is 5.97 Å². The molecule has 0 spiro atoms. The molecule has 0 saturated carbocycles. The van der Waals surface area contributed by atoms with Crippen LogP contribution in [0.3, 0.4) is 0 Å². The summed E-state index contributed by atoms with van der Waals surface area (Å²) in [4.78, 5) is 25.8. The number of benzene rings is 2. The Labute approximate surface area is 190 Å². The molecule has 0 aliphatic rings. The molecule has 31 heavy (non-hydrogen) atoms. The van der Waals surface area contributed by atoms with E-state index in [9.17, 15) is 9.59 Å². The molecule has 0 saturated heterocycles. The smallest absolute Gasteiger partial charge is 0.341 e. The van der Waals surface area contributed by atoms with Crippen LogP contribution in [0.25, 0.3) is 10.4 Å². The standard InChI is InChI=1S/C23H24N2O4S2/c1-3-28-23(27)19-15-20(16-8-5-4-6-9-16)31-22(19)24-21(26)12-13-29-18-11-7-10-17(14-18)25-30-2/h4-11,14-15,25H,3,12-13H2,1-2H3,(H,24,26). The molecule has 0 unspecified atom stereocenters. The number of carbonyl (C=O) groups excluding carboxylic acids is 2. The molecule has 3 aromatic rings. The first-order chi connectivity index (χ1) is 15.1. The number of hydrogen-bond acceptors (Lipinski definition) is 7. The summed E-state index contributed by atoms with van der Waals surface area (Å²) in [7, 11) is 0. The zero-order valence-corrected chi connectivity index (χ0v) is 19.0. The van der Waals surface area contributed by atoms with E-state index in [0.29, 0.717) is 16.3 Å². The summed E-state index contributed by atoms with van der Waals surface area (Å²) in [6.07, 6.45) is 2.09. The fourth-order valence-electron chi connectivity index (χ4n) is 2.81. The second-order valence-electron chi connectivity index (χ2n) is 6.42. The number of rotatable bonds is 10. The summed E-state index contributed by atoms with van der Waals surface area (Å²) in [6.45, 7) is 2.24. The quantitative estimate of drug-likeness (QED) is 0.301. The van der Waals surface area contributed by atoms with Gasteiger partial charge in [0.1, 0.15) is 10.8 Å². The summed E-state index contributed by atoms with van der Waals surface area (Å²) < 4.78 is 14.0. The van der Waals surface area contributed by atoms with Crippen molar-refractivity contribution in [1.29, 1.82) is 0 Å². The first-order valence-electron chi connectivity index (χ1n) is 9.78. The molecule has 162 valence electrons. The topological polar surface area (TPSA) is 76.7 Å². The Hall–Kier alpha value is -2.97. The molecule has 0 aliphatic heterocycles. The van der Waals surface area contributed by atoms with Crippen LogP contribution < -0.4 is 14.8 Å². The normalized spacial score (nSPS) is 10.4. The van der Waals surface area contributed by atoms with Gasteiger partial charge in [-0.05, 0) is 30.7 Å². The van der Waals surface area contributed by atoms with E-state index >= 15 is 0 Å². The predicted molar refractivity (Wildman–Crippen MR) is 128 cm³/mol. The van der Waals surface area contributed by atoms with Crippen LogP contribution in [-0.2, 0) is 9.53 Å². The lowest BCUT2D eigenvalue weighted by Gasteiger charge is -2.09. The lowest BCUT2D eigenvalue weighted by molar-refractivity contribution is -0.116. The fourth-order valence-corrected chi connectivity index (χ4v) is 4.24. The van der Waals surface area contributed by atoms with Crippen molar-refractivity contribution in [2.45, 2.75) is 13.3 Å². The predicted octanol–water partition coefficient (Wildman–Crippen LogP) is 5.69. The Morgan fingerprint density at radius 1 is 1.06 bits per heavy atom. The van der Waals surface area contributed by atoms with E-state index in [0.717, 1.165) is 16.1 Å². The maximum Gasteiger partial charge on any atom is 0.341 e. The fraction of sp³-hybridized carbons (Fsp3) is 0.217. The average molecular weight is 457 g/mol. The van der Waals surface area contributed by atoms with Crippen molar-refractivity contribution in [3.05, 3.63) is 66.2 Å². The molecule has 2 N–H and O–H groups in total. The second-order valence-corrected chi connectivity index (χ2v) is 8.09. The number of hydrogen-bond donors (Lipinski definition) is 2. The molecule has 1 aromatic heterocycles. The van der Waals surface area contributed by atoms with Crippen molar-refractivity contribution in [1.82, 2.24) is 0 Å². The lowest BCUT2D eigenvalue weighted by atomic mass is 10.1. The maximum absolute atomic E-state index is 12.5. The highest BCUT2D eigenvalue weighted by atomic mass is 32.2. The van der Waals surface area contributed by atoms with Crippen molar-refractivity contribution in [2.24, 2.45) is 0 Å². The van der Waals surface area contributed by atoms with E-state index in [-0.39, 0.29) is 25.5 Å². The SMILES string of the molecule is CCOC(=O)c1cc(-c2ccccc2)sc1NC(=O)CCOc1cccc(NSC)c1. The number of amides is 1. The Morgan fingerprint density at radius 3 is 2.61 bits per heavy atom. The van der Waals surface area contributed by atoms with Crippen LogP contribution in [0.5, 0.6) is 5.75 Å². The minimum absolute atomic E-state index is 0.154. The molecule has 0 aliphatic carbocycles. The molecule has 3 rings (SSSR count). The first-order valence-corrected chi connectivity index (χ1v) is 11.8. The highest BCUT2D eigenvalue weighted by Gasteiger charge is 2.19. The van der Waals surface area contributed by atoms with Gasteiger partial charge in [0.2, 0.25) is 5.91 Å². The summed E-state index contributed by atoms with van der Waals surface area (Å²) in [5, 5.41) is 3.32. The van der Waals surface area contributed by atoms with Gasteiger partial charge in [-0.1, -0.05) is 48.3 Å². The van der Waals surface area contributed by atoms with Gasteiger partial charge in [0.05, 0.1) is 25.2 Å². The summed E-state index contributed by atoms with van der Waals surface area (Å²) in [5.74, 6) is -0.00227. The zero-order valence-electron chi connectivity index (χ0n) is 17.3. The van der Waals surface area contributed by atoms with Crippen LogP contribution in [0, 0.1) is 0 Å². The minimum Gasteiger partial charge on any atom is -0.493 e. The van der Waals surface area contributed by atoms with E-state index in [1.165, 1.54) is 23.3 Å². The number of esters is 1. The second kappa shape index (κ2) is 11.4. The largest absolute Gasteiger partial charge is 0.493 e. The third-order valence-corrected chi connectivity index (χ3v) is 5.73. The van der Waals surface area contributed by atoms with E-state index in [1.807, 2.05) is 60.9 Å². The van der Waals surface area contributed by atoms with Crippen molar-refractivity contribution >= 4 is 45.8 Å². The van der Waals surface area contributed by atoms with Crippen LogP contribution in [0.15, 0.2) is 60.7 Å². The van der Waals surface area contributed by atoms with Gasteiger partial charge in [0.15, 0.2) is 0 Å². The van der Waals surface area contributed by atoms with Gasteiger partial charge in [0.25, 0.3) is 0 Å². The van der Waals surface area contributed by atoms with E-state index in [1.54, 1.807) is 13.0 Å². The van der Waals surface area contributed by atoms with Gasteiger partial charge in [-0.25, -0.2) is 4.79 Å². The van der Waals surface area contributed by atoms with Crippen LogP contribution in [0.4, 0.5) is 10.7 Å². The average Bonchev–Trinajstić information content (AvgIpc) is 3.19. The third kappa shape index (κ3) is 6.50. The van der Waals surface area contributed by atoms with Gasteiger partial charge < -0.3 is 19.5 Å². The zero-order chi connectivity index (χ0) is 22.1. The van der Waals surface area contributed by atoms with Gasteiger partial charge in [-0.3, -0.25) is 4.79 Å². The first kappa shape index (κ1) is 22.7. The van der Waals surface area contributed by atoms with Crippen LogP contribution in [0.1, 0.15) is 23.7 Å². The number of carbonyl (C=O) groups is 2. The number of thiophene rings is 1. The highest BCUT2D eigenvalue weighted by Crippen LogP contribution is 2.36. The monoisotopic (exact) mass is 456 g/mol. The van der Waals surface area contributed by atoms with Crippen LogP contribution >= 0.6 is 23.3 Å². The molecule has 0 atom stereocenters. The van der Waals surface area contributed by atoms with E-state index < -0.39 is 5.97 Å². The molecular weight excluding hydrogens is 432 g/mol. The molecule has 0 fully saturated rings. The van der Waals surface area contributed by atoms with E-state index in [4.69, 9.17) is 9.47 Å². The van der Waals surface area contributed by atoms with Crippen molar-refractivity contribution in [3.63, 3.8) is 0 Å². The maximum atomic E-state index is 12.5. The highest BCUT2D eigenvalue weighted by molar-refractivity contribution is 7.99. The summed E-state index contributed by atoms with van der Waals surface area (Å²) in [5.41, 5.74) is 2.26. The molecule has 8 heteroatoms. The van der Waals surface area contributed by atoms with Gasteiger partial charge in [-0.15, -0.1) is 11.3 Å². The Kier molecular flexibility index (Phi) is 8.37. The molecular formula is C23H24N2O4S2. The Morgan fingerprint density at radius 2 is 1.87 bits per heavy atom. The Bertz CT molecular complexity index is 1020. The number of anilines is 2. The molecule has 1 amide bonds. The van der Waals surface area contributed by atoms with Crippen molar-refractivity contribution < 1.29 is 19.1 Å². The van der Waals surface area contributed by atoms with Crippen LogP contribution in [0.2, 0.25) is 0 Å².